The zero-order valence-corrected chi connectivity index (χ0v) is 9.74. The first kappa shape index (κ1) is 11.2. The predicted octanol–water partition coefficient (Wildman–Crippen LogP) is 3.36. The van der Waals surface area contributed by atoms with Crippen LogP contribution in [0.1, 0.15) is 5.56 Å². The molecule has 0 bridgehead atoms. The molecule has 82 valence electrons. The molecule has 5 heteroatoms. The molecule has 0 aliphatic rings. The summed E-state index contributed by atoms with van der Waals surface area (Å²) in [5.41, 5.74) is 0.944. The Labute approximate surface area is 103 Å². The molecule has 0 aromatic carbocycles. The second-order valence-corrected chi connectivity index (χ2v) is 3.94. The number of hydrogen-bond acceptors (Lipinski definition) is 3. The molecule has 0 aliphatic carbocycles. The van der Waals surface area contributed by atoms with E-state index in [1.807, 2.05) is 6.07 Å². The molecule has 0 spiro atoms. The Hall–Kier alpha value is -1.32. The predicted molar refractivity (Wildman–Crippen MR) is 62.8 cm³/mol. The second kappa shape index (κ2) is 5.14. The van der Waals surface area contributed by atoms with E-state index in [0.717, 1.165) is 5.56 Å². The van der Waals surface area contributed by atoms with Gasteiger partial charge in [-0.05, 0) is 17.7 Å². The smallest absolute Gasteiger partial charge is 0.139 e. The minimum Gasteiger partial charge on any atom is -0.487 e. The van der Waals surface area contributed by atoms with Gasteiger partial charge in [0.05, 0.1) is 11.2 Å². The maximum absolute atomic E-state index is 5.78. The van der Waals surface area contributed by atoms with Crippen LogP contribution in [-0.4, -0.2) is 9.97 Å². The lowest BCUT2D eigenvalue weighted by atomic mass is 10.3. The van der Waals surface area contributed by atoms with Gasteiger partial charge >= 0.3 is 0 Å². The van der Waals surface area contributed by atoms with Crippen LogP contribution >= 0.6 is 23.2 Å². The van der Waals surface area contributed by atoms with Crippen molar-refractivity contribution in [2.45, 2.75) is 6.61 Å². The number of hydrogen-bond donors (Lipinski definition) is 0. The van der Waals surface area contributed by atoms with Crippen molar-refractivity contribution in [3.8, 4) is 5.75 Å². The maximum Gasteiger partial charge on any atom is 0.139 e. The first-order valence-corrected chi connectivity index (χ1v) is 5.33. The van der Waals surface area contributed by atoms with E-state index in [1.165, 1.54) is 0 Å². The van der Waals surface area contributed by atoms with Crippen molar-refractivity contribution < 1.29 is 4.74 Å². The Morgan fingerprint density at radius 3 is 2.81 bits per heavy atom. The summed E-state index contributed by atoms with van der Waals surface area (Å²) in [6, 6.07) is 5.29. The maximum atomic E-state index is 5.78. The molecule has 3 nitrogen and oxygen atoms in total. The van der Waals surface area contributed by atoms with Crippen LogP contribution < -0.4 is 4.74 Å². The van der Waals surface area contributed by atoms with Crippen molar-refractivity contribution in [1.82, 2.24) is 9.97 Å². The monoisotopic (exact) mass is 254 g/mol. The molecular formula is C11H8Cl2N2O. The van der Waals surface area contributed by atoms with Crippen molar-refractivity contribution >= 4 is 23.2 Å². The Morgan fingerprint density at radius 1 is 1.19 bits per heavy atom. The summed E-state index contributed by atoms with van der Waals surface area (Å²) in [5, 5.41) is 0.996. The molecule has 2 aromatic heterocycles. The van der Waals surface area contributed by atoms with Crippen LogP contribution in [0.2, 0.25) is 10.2 Å². The van der Waals surface area contributed by atoms with Crippen molar-refractivity contribution in [2.24, 2.45) is 0 Å². The highest BCUT2D eigenvalue weighted by Crippen LogP contribution is 2.17. The molecule has 0 aliphatic heterocycles. The van der Waals surface area contributed by atoms with E-state index >= 15 is 0 Å². The van der Waals surface area contributed by atoms with E-state index in [0.29, 0.717) is 22.5 Å². The lowest BCUT2D eigenvalue weighted by molar-refractivity contribution is 0.305. The molecule has 0 fully saturated rings. The largest absolute Gasteiger partial charge is 0.487 e. The number of ether oxygens (including phenoxy) is 1. The van der Waals surface area contributed by atoms with Gasteiger partial charge in [0.25, 0.3) is 0 Å². The van der Waals surface area contributed by atoms with Crippen molar-refractivity contribution in [1.29, 1.82) is 0 Å². The molecule has 16 heavy (non-hydrogen) atoms. The lowest BCUT2D eigenvalue weighted by Gasteiger charge is -2.05. The molecule has 2 aromatic rings. The molecule has 0 unspecified atom stereocenters. The fraction of sp³-hybridized carbons (Fsp3) is 0.0909. The summed E-state index contributed by atoms with van der Waals surface area (Å²) >= 11 is 11.5. The van der Waals surface area contributed by atoms with Gasteiger partial charge in [0.15, 0.2) is 0 Å². The van der Waals surface area contributed by atoms with Gasteiger partial charge in [0.2, 0.25) is 0 Å². The zero-order chi connectivity index (χ0) is 11.4. The minimum absolute atomic E-state index is 0.407. The topological polar surface area (TPSA) is 35.0 Å². The Morgan fingerprint density at radius 2 is 2.06 bits per heavy atom. The average molecular weight is 255 g/mol. The van der Waals surface area contributed by atoms with Gasteiger partial charge in [-0.3, -0.25) is 4.98 Å². The average Bonchev–Trinajstić information content (AvgIpc) is 2.27. The number of rotatable bonds is 3. The second-order valence-electron chi connectivity index (χ2n) is 3.11. The third-order valence-corrected chi connectivity index (χ3v) is 2.29. The van der Waals surface area contributed by atoms with Gasteiger partial charge in [-0.25, -0.2) is 4.98 Å². The molecule has 0 saturated heterocycles. The molecule has 0 radical (unpaired) electrons. The molecule has 0 saturated carbocycles. The van der Waals surface area contributed by atoms with Gasteiger partial charge in [0.1, 0.15) is 17.5 Å². The third kappa shape index (κ3) is 3.08. The first-order valence-electron chi connectivity index (χ1n) is 4.58. The molecular weight excluding hydrogens is 247 g/mol. The highest BCUT2D eigenvalue weighted by Gasteiger charge is 1.98. The summed E-state index contributed by atoms with van der Waals surface area (Å²) in [4.78, 5) is 7.80. The summed E-state index contributed by atoms with van der Waals surface area (Å²) in [6.07, 6.45) is 4.80. The first-order chi connectivity index (χ1) is 7.74. The van der Waals surface area contributed by atoms with Gasteiger partial charge in [0, 0.05) is 18.5 Å². The summed E-state index contributed by atoms with van der Waals surface area (Å²) in [5.74, 6) is 0.625. The molecule has 2 rings (SSSR count). The van der Waals surface area contributed by atoms with Crippen molar-refractivity contribution in [2.75, 3.05) is 0 Å². The third-order valence-electron chi connectivity index (χ3n) is 1.88. The van der Waals surface area contributed by atoms with E-state index in [4.69, 9.17) is 27.9 Å². The number of aromatic nitrogens is 2. The summed E-state index contributed by atoms with van der Waals surface area (Å²) in [6.45, 7) is 0.407. The number of nitrogens with zero attached hydrogens (tertiary/aromatic N) is 2. The molecule has 0 amide bonds. The molecule has 2 heterocycles. The van der Waals surface area contributed by atoms with Crippen LogP contribution in [0.3, 0.4) is 0 Å². The Bertz CT molecular complexity index is 445. The standard InChI is InChI=1S/C11H8Cl2N2O/c12-9-4-10(6-14-5-9)16-7-8-1-2-15-11(13)3-8/h1-6H,7H2. The molecule has 0 atom stereocenters. The Kier molecular flexibility index (Phi) is 3.59. The van der Waals surface area contributed by atoms with Gasteiger partial charge in [-0.2, -0.15) is 0 Å². The highest BCUT2D eigenvalue weighted by molar-refractivity contribution is 6.30. The van der Waals surface area contributed by atoms with Crippen molar-refractivity contribution in [3.63, 3.8) is 0 Å². The van der Waals surface area contributed by atoms with Crippen LogP contribution in [0.15, 0.2) is 36.8 Å². The van der Waals surface area contributed by atoms with E-state index in [1.54, 1.807) is 30.7 Å². The van der Waals surface area contributed by atoms with Gasteiger partial charge in [-0.1, -0.05) is 23.2 Å². The van der Waals surface area contributed by atoms with Crippen LogP contribution in [0.25, 0.3) is 0 Å². The fourth-order valence-electron chi connectivity index (χ4n) is 1.17. The van der Waals surface area contributed by atoms with E-state index < -0.39 is 0 Å². The zero-order valence-electron chi connectivity index (χ0n) is 8.23. The summed E-state index contributed by atoms with van der Waals surface area (Å²) < 4.78 is 5.49. The number of pyridine rings is 2. The van der Waals surface area contributed by atoms with Crippen LogP contribution in [-0.2, 0) is 6.61 Å². The van der Waals surface area contributed by atoms with Gasteiger partial charge in [-0.15, -0.1) is 0 Å². The number of halogens is 2. The van der Waals surface area contributed by atoms with E-state index in [9.17, 15) is 0 Å². The molecule has 0 N–H and O–H groups in total. The van der Waals surface area contributed by atoms with Crippen LogP contribution in [0.4, 0.5) is 0 Å². The minimum atomic E-state index is 0.407. The van der Waals surface area contributed by atoms with Crippen LogP contribution in [0.5, 0.6) is 5.75 Å². The van der Waals surface area contributed by atoms with Gasteiger partial charge < -0.3 is 4.74 Å². The SMILES string of the molecule is Clc1cncc(OCc2ccnc(Cl)c2)c1. The fourth-order valence-corrected chi connectivity index (χ4v) is 1.53. The van der Waals surface area contributed by atoms with Crippen LogP contribution in [0, 0.1) is 0 Å². The summed E-state index contributed by atoms with van der Waals surface area (Å²) in [7, 11) is 0. The highest BCUT2D eigenvalue weighted by atomic mass is 35.5. The Balaban J connectivity index is 2.02. The quantitative estimate of drug-likeness (QED) is 0.789. The van der Waals surface area contributed by atoms with E-state index in [2.05, 4.69) is 9.97 Å². The lowest BCUT2D eigenvalue weighted by Crippen LogP contribution is -1.96. The van der Waals surface area contributed by atoms with E-state index in [-0.39, 0.29) is 0 Å². The normalized spacial score (nSPS) is 10.1. The van der Waals surface area contributed by atoms with Crippen molar-refractivity contribution in [3.05, 3.63) is 52.5 Å².